The van der Waals surface area contributed by atoms with Gasteiger partial charge in [-0.2, -0.15) is 0 Å². The topological polar surface area (TPSA) is 36.7 Å². The van der Waals surface area contributed by atoms with Crippen LogP contribution in [0.1, 0.15) is 0 Å². The molecule has 4 nitrogen and oxygen atoms in total. The Hall–Kier alpha value is -1.57. The van der Waals surface area contributed by atoms with Crippen LogP contribution in [0.3, 0.4) is 0 Å². The van der Waals surface area contributed by atoms with Crippen LogP contribution in [0.25, 0.3) is 22.1 Å². The summed E-state index contributed by atoms with van der Waals surface area (Å²) in [7, 11) is 0. The van der Waals surface area contributed by atoms with Crippen LogP contribution < -0.4 is 10.5 Å². The lowest BCUT2D eigenvalue weighted by atomic mass is 10.1. The molecule has 0 saturated carbocycles. The van der Waals surface area contributed by atoms with Crippen molar-refractivity contribution < 1.29 is 4.42 Å². The molecule has 3 aromatic rings. The molecule has 0 spiro atoms. The van der Waals surface area contributed by atoms with Crippen molar-refractivity contribution in [2.75, 3.05) is 31.1 Å². The first-order valence-corrected chi connectivity index (χ1v) is 9.44. The Morgan fingerprint density at radius 3 is 2.48 bits per heavy atom. The molecule has 1 aromatic heterocycles. The van der Waals surface area contributed by atoms with Gasteiger partial charge in [0.1, 0.15) is 5.58 Å². The monoisotopic (exact) mass is 466 g/mol. The highest BCUT2D eigenvalue weighted by Gasteiger charge is 2.16. The molecule has 1 aliphatic heterocycles. The van der Waals surface area contributed by atoms with Crippen LogP contribution in [0.4, 0.5) is 5.69 Å². The standard InChI is InChI=1S/C19H16ClIN2O2/c20-17-4-2-1-3-15(17)16-11-13-5-6-14(12-18(13)25-19(16)24)22-7-9-23(21)10-8-22/h1-6,11-12H,7-10H2. The van der Waals surface area contributed by atoms with Gasteiger partial charge in [-0.15, -0.1) is 0 Å². The molecule has 0 radical (unpaired) electrons. The molecule has 128 valence electrons. The third kappa shape index (κ3) is 3.41. The summed E-state index contributed by atoms with van der Waals surface area (Å²) in [6.07, 6.45) is 0. The quantitative estimate of drug-likeness (QED) is 0.315. The SMILES string of the molecule is O=c1oc2cc(N3CCN(I)CC3)ccc2cc1-c1ccccc1Cl. The zero-order valence-electron chi connectivity index (χ0n) is 13.4. The van der Waals surface area contributed by atoms with Gasteiger partial charge in [-0.3, -0.25) is 0 Å². The van der Waals surface area contributed by atoms with E-state index in [-0.39, 0.29) is 5.63 Å². The molecule has 1 aliphatic rings. The Labute approximate surface area is 164 Å². The average molecular weight is 467 g/mol. The van der Waals surface area contributed by atoms with Crippen molar-refractivity contribution in [2.24, 2.45) is 0 Å². The Morgan fingerprint density at radius 1 is 0.960 bits per heavy atom. The van der Waals surface area contributed by atoms with E-state index in [2.05, 4.69) is 36.9 Å². The van der Waals surface area contributed by atoms with Crippen LogP contribution in [0.15, 0.2) is 57.7 Å². The van der Waals surface area contributed by atoms with Gasteiger partial charge in [-0.25, -0.2) is 7.91 Å². The highest BCUT2D eigenvalue weighted by atomic mass is 127. The molecule has 1 saturated heterocycles. The smallest absolute Gasteiger partial charge is 0.344 e. The van der Waals surface area contributed by atoms with Crippen LogP contribution in [0.5, 0.6) is 0 Å². The molecular weight excluding hydrogens is 451 g/mol. The molecule has 0 unspecified atom stereocenters. The maximum atomic E-state index is 12.5. The summed E-state index contributed by atoms with van der Waals surface area (Å²) in [5, 5.41) is 1.44. The summed E-state index contributed by atoms with van der Waals surface area (Å²) in [6, 6.07) is 15.2. The highest BCUT2D eigenvalue weighted by Crippen LogP contribution is 2.29. The van der Waals surface area contributed by atoms with E-state index in [9.17, 15) is 4.79 Å². The van der Waals surface area contributed by atoms with E-state index in [1.165, 1.54) is 0 Å². The summed E-state index contributed by atoms with van der Waals surface area (Å²) in [5.74, 6) is 0. The van der Waals surface area contributed by atoms with E-state index in [0.29, 0.717) is 21.7 Å². The first-order valence-electron chi connectivity index (χ1n) is 8.10. The molecule has 0 N–H and O–H groups in total. The third-order valence-electron chi connectivity index (χ3n) is 4.47. The number of anilines is 1. The van der Waals surface area contributed by atoms with E-state index < -0.39 is 0 Å². The van der Waals surface area contributed by atoms with Gasteiger partial charge in [0.25, 0.3) is 0 Å². The van der Waals surface area contributed by atoms with Crippen molar-refractivity contribution in [2.45, 2.75) is 0 Å². The highest BCUT2D eigenvalue weighted by molar-refractivity contribution is 14.1. The van der Waals surface area contributed by atoms with Crippen LogP contribution >= 0.6 is 34.5 Å². The zero-order chi connectivity index (χ0) is 17.4. The molecule has 2 aromatic carbocycles. The van der Waals surface area contributed by atoms with Crippen LogP contribution in [-0.2, 0) is 0 Å². The second-order valence-corrected chi connectivity index (χ2v) is 7.82. The molecule has 0 bridgehead atoms. The fraction of sp³-hybridized carbons (Fsp3) is 0.211. The Bertz CT molecular complexity index is 981. The molecule has 2 heterocycles. The fourth-order valence-corrected chi connectivity index (χ4v) is 3.77. The number of hydrogen-bond donors (Lipinski definition) is 0. The van der Waals surface area contributed by atoms with Gasteiger partial charge in [0.05, 0.1) is 5.56 Å². The first-order chi connectivity index (χ1) is 12.1. The first kappa shape index (κ1) is 16.9. The lowest BCUT2D eigenvalue weighted by Crippen LogP contribution is -2.42. The maximum absolute atomic E-state index is 12.5. The number of piperazine rings is 1. The van der Waals surface area contributed by atoms with Gasteiger partial charge in [-0.1, -0.05) is 29.8 Å². The Morgan fingerprint density at radius 2 is 1.72 bits per heavy atom. The summed E-state index contributed by atoms with van der Waals surface area (Å²) < 4.78 is 7.89. The number of halogens is 2. The third-order valence-corrected chi connectivity index (χ3v) is 5.77. The number of rotatable bonds is 2. The van der Waals surface area contributed by atoms with Crippen molar-refractivity contribution >= 4 is 51.1 Å². The van der Waals surface area contributed by atoms with E-state index in [1.807, 2.05) is 36.4 Å². The fourth-order valence-electron chi connectivity index (χ4n) is 3.10. The summed E-state index contributed by atoms with van der Waals surface area (Å²) >= 11 is 8.58. The largest absolute Gasteiger partial charge is 0.422 e. The Balaban J connectivity index is 1.74. The summed E-state index contributed by atoms with van der Waals surface area (Å²) in [6.45, 7) is 3.98. The zero-order valence-corrected chi connectivity index (χ0v) is 16.3. The van der Waals surface area contributed by atoms with Crippen molar-refractivity contribution in [1.29, 1.82) is 0 Å². The molecular formula is C19H16ClIN2O2. The predicted molar refractivity (Wildman–Crippen MR) is 111 cm³/mol. The van der Waals surface area contributed by atoms with Gasteiger partial charge >= 0.3 is 5.63 Å². The second-order valence-electron chi connectivity index (χ2n) is 6.05. The number of benzene rings is 2. The normalized spacial score (nSPS) is 15.7. The van der Waals surface area contributed by atoms with Crippen molar-refractivity contribution in [1.82, 2.24) is 3.11 Å². The second kappa shape index (κ2) is 6.97. The molecule has 4 rings (SSSR count). The van der Waals surface area contributed by atoms with Crippen molar-refractivity contribution in [3.05, 3.63) is 64.0 Å². The molecule has 6 heteroatoms. The lowest BCUT2D eigenvalue weighted by Gasteiger charge is -2.32. The van der Waals surface area contributed by atoms with Crippen molar-refractivity contribution in [3.63, 3.8) is 0 Å². The van der Waals surface area contributed by atoms with E-state index >= 15 is 0 Å². The molecule has 0 atom stereocenters. The van der Waals surface area contributed by atoms with Gasteiger partial charge in [0.15, 0.2) is 0 Å². The molecule has 25 heavy (non-hydrogen) atoms. The van der Waals surface area contributed by atoms with E-state index in [4.69, 9.17) is 16.0 Å². The Kier molecular flexibility index (Phi) is 4.71. The summed E-state index contributed by atoms with van der Waals surface area (Å²) in [4.78, 5) is 14.8. The number of nitrogens with zero attached hydrogens (tertiary/aromatic N) is 2. The van der Waals surface area contributed by atoms with Gasteiger partial charge in [0, 0.05) is 76.8 Å². The lowest BCUT2D eigenvalue weighted by molar-refractivity contribution is 0.460. The van der Waals surface area contributed by atoms with Crippen LogP contribution in [0, 0.1) is 0 Å². The molecule has 0 aliphatic carbocycles. The average Bonchev–Trinajstić information content (AvgIpc) is 2.62. The predicted octanol–water partition coefficient (Wildman–Crippen LogP) is 4.59. The van der Waals surface area contributed by atoms with Gasteiger partial charge < -0.3 is 9.32 Å². The number of hydrogen-bond acceptors (Lipinski definition) is 4. The van der Waals surface area contributed by atoms with E-state index in [1.54, 1.807) is 6.07 Å². The summed E-state index contributed by atoms with van der Waals surface area (Å²) in [5.41, 5.74) is 2.52. The van der Waals surface area contributed by atoms with Gasteiger partial charge in [-0.05, 0) is 24.3 Å². The van der Waals surface area contributed by atoms with Crippen molar-refractivity contribution in [3.8, 4) is 11.1 Å². The molecule has 0 amide bonds. The van der Waals surface area contributed by atoms with Crippen LogP contribution in [-0.4, -0.2) is 29.3 Å². The van der Waals surface area contributed by atoms with Crippen LogP contribution in [0.2, 0.25) is 5.02 Å². The number of fused-ring (bicyclic) bond motifs is 1. The minimum absolute atomic E-state index is 0.366. The maximum Gasteiger partial charge on any atom is 0.344 e. The van der Waals surface area contributed by atoms with E-state index in [0.717, 1.165) is 37.3 Å². The minimum Gasteiger partial charge on any atom is -0.422 e. The minimum atomic E-state index is -0.366. The van der Waals surface area contributed by atoms with Gasteiger partial charge in [0.2, 0.25) is 0 Å². The molecule has 1 fully saturated rings.